The van der Waals surface area contributed by atoms with E-state index in [9.17, 15) is 24.8 Å². The van der Waals surface area contributed by atoms with E-state index < -0.39 is 22.7 Å². The Morgan fingerprint density at radius 2 is 1.89 bits per heavy atom. The highest BCUT2D eigenvalue weighted by molar-refractivity contribution is 6.46. The lowest BCUT2D eigenvalue weighted by Gasteiger charge is -2.29. The quantitative estimate of drug-likeness (QED) is 0.173. The number of benzene rings is 2. The average molecular weight is 524 g/mol. The molecule has 38 heavy (non-hydrogen) atoms. The maximum absolute atomic E-state index is 13.3. The van der Waals surface area contributed by atoms with Crippen LogP contribution in [-0.4, -0.2) is 77.0 Å². The molecule has 0 saturated carbocycles. The summed E-state index contributed by atoms with van der Waals surface area (Å²) < 4.78 is 11.1. The Kier molecular flexibility index (Phi) is 8.43. The third-order valence-corrected chi connectivity index (χ3v) is 6.74. The Labute approximate surface area is 221 Å². The maximum Gasteiger partial charge on any atom is 0.295 e. The fourth-order valence-electron chi connectivity index (χ4n) is 4.95. The molecule has 2 saturated heterocycles. The number of ether oxygens (including phenoxy) is 2. The standard InChI is InChI=1S/C28H33N3O7/c1-18(2)38-22-8-9-23(19(3)16-22)26(32)24-25(20-6-4-7-21(17-20)31(35)36)30(28(34)27(24)33)11-5-10-29-12-14-37-15-13-29/h4,6-9,16-18,25,32H,5,10-15H2,1-3H3/b26-24+/t25-/m1/s1. The predicted molar refractivity (Wildman–Crippen MR) is 141 cm³/mol. The van der Waals surface area contributed by atoms with Gasteiger partial charge in [-0.3, -0.25) is 24.6 Å². The average Bonchev–Trinajstić information content (AvgIpc) is 3.14. The van der Waals surface area contributed by atoms with Crippen molar-refractivity contribution in [3.8, 4) is 5.75 Å². The van der Waals surface area contributed by atoms with Gasteiger partial charge in [0, 0.05) is 43.9 Å². The molecular weight excluding hydrogens is 490 g/mol. The van der Waals surface area contributed by atoms with E-state index >= 15 is 0 Å². The molecule has 2 aromatic rings. The minimum absolute atomic E-state index is 0.0366. The van der Waals surface area contributed by atoms with Gasteiger partial charge in [-0.1, -0.05) is 12.1 Å². The fourth-order valence-corrected chi connectivity index (χ4v) is 4.95. The number of non-ortho nitro benzene ring substituents is 1. The number of rotatable bonds is 9. The number of nitro benzene ring substituents is 1. The second-order valence-corrected chi connectivity index (χ2v) is 9.80. The number of aryl methyl sites for hydroxylation is 1. The van der Waals surface area contributed by atoms with Gasteiger partial charge in [-0.15, -0.1) is 0 Å². The van der Waals surface area contributed by atoms with E-state index in [2.05, 4.69) is 4.90 Å². The zero-order valence-electron chi connectivity index (χ0n) is 21.9. The van der Waals surface area contributed by atoms with Crippen molar-refractivity contribution in [2.24, 2.45) is 0 Å². The minimum Gasteiger partial charge on any atom is -0.507 e. The lowest BCUT2D eigenvalue weighted by atomic mass is 9.93. The van der Waals surface area contributed by atoms with Crippen molar-refractivity contribution < 1.29 is 29.1 Å². The minimum atomic E-state index is -0.953. The molecule has 1 amide bonds. The molecule has 202 valence electrons. The van der Waals surface area contributed by atoms with Crippen molar-refractivity contribution in [3.05, 3.63) is 74.8 Å². The van der Waals surface area contributed by atoms with Crippen LogP contribution in [0.25, 0.3) is 5.76 Å². The summed E-state index contributed by atoms with van der Waals surface area (Å²) in [6, 6.07) is 10.0. The number of aliphatic hydroxyl groups is 1. The number of likely N-dealkylation sites (tertiary alicyclic amines) is 1. The Bertz CT molecular complexity index is 1250. The van der Waals surface area contributed by atoms with Gasteiger partial charge < -0.3 is 19.5 Å². The van der Waals surface area contributed by atoms with E-state index in [1.54, 1.807) is 31.2 Å². The Morgan fingerprint density at radius 3 is 2.55 bits per heavy atom. The highest BCUT2D eigenvalue weighted by Crippen LogP contribution is 2.41. The van der Waals surface area contributed by atoms with Gasteiger partial charge in [-0.2, -0.15) is 0 Å². The summed E-state index contributed by atoms with van der Waals surface area (Å²) in [5.41, 5.74) is 1.21. The van der Waals surface area contributed by atoms with Crippen LogP contribution in [0.5, 0.6) is 5.75 Å². The first kappa shape index (κ1) is 27.3. The fraction of sp³-hybridized carbons (Fsp3) is 0.429. The van der Waals surface area contributed by atoms with Crippen molar-refractivity contribution in [2.75, 3.05) is 39.4 Å². The second kappa shape index (κ2) is 11.7. The number of nitro groups is 1. The first-order valence-corrected chi connectivity index (χ1v) is 12.8. The summed E-state index contributed by atoms with van der Waals surface area (Å²) in [6.07, 6.45) is 0.559. The third kappa shape index (κ3) is 5.87. The number of amides is 1. The van der Waals surface area contributed by atoms with Crippen LogP contribution in [0.1, 0.15) is 43.0 Å². The predicted octanol–water partition coefficient (Wildman–Crippen LogP) is 3.83. The van der Waals surface area contributed by atoms with E-state index in [4.69, 9.17) is 9.47 Å². The number of Topliss-reactive ketones (excluding diaryl/α,β-unsaturated/α-hetero) is 1. The second-order valence-electron chi connectivity index (χ2n) is 9.80. The number of carbonyl (C=O) groups excluding carboxylic acids is 2. The molecule has 10 heteroatoms. The first-order valence-electron chi connectivity index (χ1n) is 12.8. The van der Waals surface area contributed by atoms with Gasteiger partial charge in [0.05, 0.1) is 35.9 Å². The largest absolute Gasteiger partial charge is 0.507 e. The molecule has 4 rings (SSSR count). The van der Waals surface area contributed by atoms with Crippen molar-refractivity contribution in [1.82, 2.24) is 9.80 Å². The van der Waals surface area contributed by atoms with Crippen LogP contribution in [0.3, 0.4) is 0 Å². The van der Waals surface area contributed by atoms with Crippen LogP contribution in [0.15, 0.2) is 48.0 Å². The zero-order valence-corrected chi connectivity index (χ0v) is 21.9. The topological polar surface area (TPSA) is 122 Å². The maximum atomic E-state index is 13.3. The van der Waals surface area contributed by atoms with Gasteiger partial charge in [0.1, 0.15) is 11.5 Å². The van der Waals surface area contributed by atoms with Crippen LogP contribution in [-0.2, 0) is 14.3 Å². The summed E-state index contributed by atoms with van der Waals surface area (Å²) in [7, 11) is 0. The van der Waals surface area contributed by atoms with Gasteiger partial charge in [-0.05, 0) is 56.5 Å². The molecule has 2 aliphatic heterocycles. The van der Waals surface area contributed by atoms with Crippen LogP contribution in [0.4, 0.5) is 5.69 Å². The van der Waals surface area contributed by atoms with Crippen LogP contribution in [0.2, 0.25) is 0 Å². The number of morpholine rings is 1. The van der Waals surface area contributed by atoms with Crippen molar-refractivity contribution in [3.63, 3.8) is 0 Å². The van der Waals surface area contributed by atoms with Gasteiger partial charge in [0.15, 0.2) is 0 Å². The van der Waals surface area contributed by atoms with Gasteiger partial charge >= 0.3 is 0 Å². The van der Waals surface area contributed by atoms with E-state index in [1.165, 1.54) is 23.1 Å². The number of hydrogen-bond donors (Lipinski definition) is 1. The monoisotopic (exact) mass is 523 g/mol. The van der Waals surface area contributed by atoms with Gasteiger partial charge in [0.25, 0.3) is 17.4 Å². The van der Waals surface area contributed by atoms with Gasteiger partial charge in [-0.25, -0.2) is 0 Å². The molecule has 0 unspecified atom stereocenters. The smallest absolute Gasteiger partial charge is 0.295 e. The number of nitrogens with zero attached hydrogens (tertiary/aromatic N) is 3. The van der Waals surface area contributed by atoms with Crippen molar-refractivity contribution in [1.29, 1.82) is 0 Å². The molecule has 0 spiro atoms. The molecule has 0 bridgehead atoms. The normalized spacial score (nSPS) is 19.8. The SMILES string of the molecule is Cc1cc(OC(C)C)ccc1/C(O)=C1\C(=O)C(=O)N(CCCN2CCOCC2)[C@@H]1c1cccc([N+](=O)[O-])c1. The third-order valence-electron chi connectivity index (χ3n) is 6.74. The van der Waals surface area contributed by atoms with E-state index in [-0.39, 0.29) is 29.7 Å². The Morgan fingerprint density at radius 1 is 1.16 bits per heavy atom. The number of hydrogen-bond acceptors (Lipinski definition) is 8. The van der Waals surface area contributed by atoms with E-state index in [1.807, 2.05) is 13.8 Å². The molecule has 2 fully saturated rings. The molecule has 1 N–H and O–H groups in total. The lowest BCUT2D eigenvalue weighted by molar-refractivity contribution is -0.384. The first-order chi connectivity index (χ1) is 18.2. The molecule has 2 heterocycles. The molecule has 0 aromatic heterocycles. The molecule has 2 aliphatic rings. The van der Waals surface area contributed by atoms with E-state index in [0.717, 1.165) is 13.1 Å². The summed E-state index contributed by atoms with van der Waals surface area (Å²) in [5.74, 6) is -1.24. The molecule has 0 aliphatic carbocycles. The van der Waals surface area contributed by atoms with E-state index in [0.29, 0.717) is 48.6 Å². The summed E-state index contributed by atoms with van der Waals surface area (Å²) in [6.45, 7) is 9.45. The summed E-state index contributed by atoms with van der Waals surface area (Å²) >= 11 is 0. The van der Waals surface area contributed by atoms with Crippen molar-refractivity contribution >= 4 is 23.1 Å². The van der Waals surface area contributed by atoms with Crippen LogP contribution >= 0.6 is 0 Å². The zero-order chi connectivity index (χ0) is 27.4. The summed E-state index contributed by atoms with van der Waals surface area (Å²) in [4.78, 5) is 41.2. The molecular formula is C28H33N3O7. The Hall–Kier alpha value is -3.76. The van der Waals surface area contributed by atoms with Crippen LogP contribution < -0.4 is 4.74 Å². The van der Waals surface area contributed by atoms with Crippen molar-refractivity contribution in [2.45, 2.75) is 39.3 Å². The lowest BCUT2D eigenvalue weighted by Crippen LogP contribution is -2.39. The Balaban J connectivity index is 1.72. The molecule has 1 atom stereocenters. The highest BCUT2D eigenvalue weighted by atomic mass is 16.6. The number of aliphatic hydroxyl groups excluding tert-OH is 1. The number of carbonyl (C=O) groups is 2. The molecule has 10 nitrogen and oxygen atoms in total. The van der Waals surface area contributed by atoms with Crippen LogP contribution in [0, 0.1) is 17.0 Å². The highest BCUT2D eigenvalue weighted by Gasteiger charge is 2.46. The van der Waals surface area contributed by atoms with Gasteiger partial charge in [0.2, 0.25) is 0 Å². The summed E-state index contributed by atoms with van der Waals surface area (Å²) in [5, 5.41) is 22.9. The number of ketones is 1. The molecule has 2 aromatic carbocycles. The molecule has 0 radical (unpaired) electrons.